The molecule has 0 aliphatic carbocycles. The van der Waals surface area contributed by atoms with Gasteiger partial charge in [0.2, 0.25) is 0 Å². The van der Waals surface area contributed by atoms with Crippen LogP contribution in [-0.4, -0.2) is 13.2 Å². The van der Waals surface area contributed by atoms with Crippen LogP contribution in [0.15, 0.2) is 30.4 Å². The molecule has 82 valence electrons. The molecule has 0 aliphatic rings. The Morgan fingerprint density at radius 1 is 1.53 bits per heavy atom. The van der Waals surface area contributed by atoms with E-state index in [4.69, 9.17) is 22.1 Å². The lowest BCUT2D eigenvalue weighted by Gasteiger charge is -2.12. The molecule has 1 aromatic rings. The Kier molecular flexibility index (Phi) is 4.66. The van der Waals surface area contributed by atoms with Crippen molar-refractivity contribution >= 4 is 11.6 Å². The van der Waals surface area contributed by atoms with Crippen LogP contribution in [0, 0.1) is 0 Å². The number of halogens is 1. The first-order valence-corrected chi connectivity index (χ1v) is 5.27. The molecular formula is C12H16ClNO. The van der Waals surface area contributed by atoms with E-state index in [2.05, 4.69) is 6.58 Å². The van der Waals surface area contributed by atoms with Gasteiger partial charge in [-0.15, -0.1) is 0 Å². The van der Waals surface area contributed by atoms with Crippen molar-refractivity contribution in [2.75, 3.05) is 13.2 Å². The quantitative estimate of drug-likeness (QED) is 0.783. The third kappa shape index (κ3) is 3.57. The normalized spacial score (nSPS) is 10.1. The summed E-state index contributed by atoms with van der Waals surface area (Å²) in [5.74, 6) is 0.802. The van der Waals surface area contributed by atoms with Crippen molar-refractivity contribution in [2.24, 2.45) is 5.73 Å². The van der Waals surface area contributed by atoms with Crippen molar-refractivity contribution in [3.05, 3.63) is 40.9 Å². The van der Waals surface area contributed by atoms with Crippen molar-refractivity contribution in [1.29, 1.82) is 0 Å². The number of hydrogen-bond donors (Lipinski definition) is 1. The zero-order valence-electron chi connectivity index (χ0n) is 8.92. The smallest absolute Gasteiger partial charge is 0.124 e. The number of benzene rings is 1. The van der Waals surface area contributed by atoms with Crippen LogP contribution < -0.4 is 10.5 Å². The van der Waals surface area contributed by atoms with E-state index < -0.39 is 0 Å². The Hall–Kier alpha value is -0.990. The van der Waals surface area contributed by atoms with Crippen molar-refractivity contribution in [3.8, 4) is 5.75 Å². The summed E-state index contributed by atoms with van der Waals surface area (Å²) in [5, 5.41) is 0.708. The predicted octanol–water partition coefficient (Wildman–Crippen LogP) is 2.80. The molecule has 0 aliphatic heterocycles. The minimum absolute atomic E-state index is 0.512. The van der Waals surface area contributed by atoms with Crippen LogP contribution >= 0.6 is 11.6 Å². The van der Waals surface area contributed by atoms with Gasteiger partial charge in [-0.05, 0) is 37.6 Å². The van der Waals surface area contributed by atoms with Crippen molar-refractivity contribution in [3.63, 3.8) is 0 Å². The third-order valence-electron chi connectivity index (χ3n) is 1.94. The fourth-order valence-corrected chi connectivity index (χ4v) is 1.52. The summed E-state index contributed by atoms with van der Waals surface area (Å²) in [5.41, 5.74) is 7.48. The van der Waals surface area contributed by atoms with Crippen molar-refractivity contribution in [1.82, 2.24) is 0 Å². The molecule has 0 saturated heterocycles. The second-order valence-corrected chi connectivity index (χ2v) is 3.91. The first kappa shape index (κ1) is 12.1. The van der Waals surface area contributed by atoms with E-state index in [1.807, 2.05) is 25.1 Å². The Bertz CT molecular complexity index is 349. The lowest BCUT2D eigenvalue weighted by molar-refractivity contribution is 0.349. The van der Waals surface area contributed by atoms with E-state index in [1.165, 1.54) is 0 Å². The molecule has 0 unspecified atom stereocenters. The monoisotopic (exact) mass is 225 g/mol. The van der Waals surface area contributed by atoms with Crippen LogP contribution in [0.5, 0.6) is 5.75 Å². The lowest BCUT2D eigenvalue weighted by atomic mass is 10.1. The molecule has 0 aromatic heterocycles. The summed E-state index contributed by atoms with van der Waals surface area (Å²) in [6.45, 7) is 6.78. The van der Waals surface area contributed by atoms with Crippen molar-refractivity contribution < 1.29 is 4.74 Å². The molecule has 1 aromatic carbocycles. The zero-order valence-corrected chi connectivity index (χ0v) is 9.68. The molecule has 3 heteroatoms. The first-order valence-electron chi connectivity index (χ1n) is 4.89. The molecule has 0 fully saturated rings. The van der Waals surface area contributed by atoms with Crippen LogP contribution in [0.1, 0.15) is 12.5 Å². The zero-order chi connectivity index (χ0) is 11.3. The summed E-state index contributed by atoms with van der Waals surface area (Å²) in [6, 6.07) is 5.62. The van der Waals surface area contributed by atoms with E-state index in [1.54, 1.807) is 0 Å². The molecule has 1 rings (SSSR count). The fourth-order valence-electron chi connectivity index (χ4n) is 1.26. The lowest BCUT2D eigenvalue weighted by Crippen LogP contribution is -2.07. The molecular weight excluding hydrogens is 210 g/mol. The Balaban J connectivity index is 2.85. The molecule has 2 nitrogen and oxygen atoms in total. The Morgan fingerprint density at radius 2 is 2.27 bits per heavy atom. The maximum atomic E-state index is 6.07. The van der Waals surface area contributed by atoms with Crippen LogP contribution in [0.2, 0.25) is 5.02 Å². The standard InChI is InChI=1S/C12H16ClNO/c1-9(2)8-15-12-5-3-4-11(13)10(12)6-7-14/h3-5H,1,6-8,14H2,2H3. The van der Waals surface area contributed by atoms with E-state index in [0.717, 1.165) is 23.3 Å². The van der Waals surface area contributed by atoms with Crippen LogP contribution in [-0.2, 0) is 6.42 Å². The van der Waals surface area contributed by atoms with Gasteiger partial charge in [-0.25, -0.2) is 0 Å². The van der Waals surface area contributed by atoms with Gasteiger partial charge in [0.1, 0.15) is 12.4 Å². The summed E-state index contributed by atoms with van der Waals surface area (Å²) >= 11 is 6.07. The highest BCUT2D eigenvalue weighted by Crippen LogP contribution is 2.26. The highest BCUT2D eigenvalue weighted by Gasteiger charge is 2.06. The molecule has 0 saturated carbocycles. The Labute approximate surface area is 95.7 Å². The van der Waals surface area contributed by atoms with Crippen molar-refractivity contribution in [2.45, 2.75) is 13.3 Å². The second-order valence-electron chi connectivity index (χ2n) is 3.50. The summed E-state index contributed by atoms with van der Waals surface area (Å²) in [6.07, 6.45) is 0.727. The molecule has 0 amide bonds. The number of ether oxygens (including phenoxy) is 1. The molecule has 0 bridgehead atoms. The van der Waals surface area contributed by atoms with Gasteiger partial charge in [-0.3, -0.25) is 0 Å². The maximum absolute atomic E-state index is 6.07. The molecule has 0 spiro atoms. The van der Waals surface area contributed by atoms with Crippen LogP contribution in [0.4, 0.5) is 0 Å². The van der Waals surface area contributed by atoms with E-state index >= 15 is 0 Å². The SMILES string of the molecule is C=C(C)COc1cccc(Cl)c1CCN. The minimum atomic E-state index is 0.512. The van der Waals surface area contributed by atoms with Gasteiger partial charge in [0.05, 0.1) is 0 Å². The average Bonchev–Trinajstić information content (AvgIpc) is 2.19. The van der Waals surface area contributed by atoms with Gasteiger partial charge in [-0.1, -0.05) is 24.2 Å². The summed E-state index contributed by atoms with van der Waals surface area (Å²) in [7, 11) is 0. The molecule has 2 N–H and O–H groups in total. The highest BCUT2D eigenvalue weighted by molar-refractivity contribution is 6.31. The van der Waals surface area contributed by atoms with Crippen LogP contribution in [0.3, 0.4) is 0 Å². The molecule has 0 radical (unpaired) electrons. The van der Waals surface area contributed by atoms with Gasteiger partial charge in [0.25, 0.3) is 0 Å². The van der Waals surface area contributed by atoms with Gasteiger partial charge >= 0.3 is 0 Å². The van der Waals surface area contributed by atoms with E-state index in [-0.39, 0.29) is 0 Å². The topological polar surface area (TPSA) is 35.2 Å². The average molecular weight is 226 g/mol. The van der Waals surface area contributed by atoms with E-state index in [9.17, 15) is 0 Å². The first-order chi connectivity index (χ1) is 7.15. The van der Waals surface area contributed by atoms with Gasteiger partial charge < -0.3 is 10.5 Å². The summed E-state index contributed by atoms with van der Waals surface area (Å²) in [4.78, 5) is 0. The molecule has 15 heavy (non-hydrogen) atoms. The fraction of sp³-hybridized carbons (Fsp3) is 0.333. The number of nitrogens with two attached hydrogens (primary N) is 1. The largest absolute Gasteiger partial charge is 0.489 e. The maximum Gasteiger partial charge on any atom is 0.124 e. The van der Waals surface area contributed by atoms with E-state index in [0.29, 0.717) is 18.2 Å². The molecule has 0 heterocycles. The van der Waals surface area contributed by atoms with Gasteiger partial charge in [0.15, 0.2) is 0 Å². The predicted molar refractivity (Wildman–Crippen MR) is 64.5 cm³/mol. The Morgan fingerprint density at radius 3 is 2.87 bits per heavy atom. The number of hydrogen-bond acceptors (Lipinski definition) is 2. The highest BCUT2D eigenvalue weighted by atomic mass is 35.5. The second kappa shape index (κ2) is 5.79. The minimum Gasteiger partial charge on any atom is -0.489 e. The van der Waals surface area contributed by atoms with Gasteiger partial charge in [0, 0.05) is 10.6 Å². The number of rotatable bonds is 5. The molecule has 0 atom stereocenters. The van der Waals surface area contributed by atoms with Gasteiger partial charge in [-0.2, -0.15) is 0 Å². The third-order valence-corrected chi connectivity index (χ3v) is 2.30. The summed E-state index contributed by atoms with van der Waals surface area (Å²) < 4.78 is 5.59. The van der Waals surface area contributed by atoms with Crippen LogP contribution in [0.25, 0.3) is 0 Å².